The molecular weight excluding hydrogens is 308 g/mol. The maximum Gasteiger partial charge on any atom is 0.262 e. The molecule has 21 heavy (non-hydrogen) atoms. The van der Waals surface area contributed by atoms with Gasteiger partial charge in [0.15, 0.2) is 0 Å². The summed E-state index contributed by atoms with van der Waals surface area (Å²) in [5.41, 5.74) is 0.419. The molecule has 1 N–H and O–H groups in total. The van der Waals surface area contributed by atoms with Crippen molar-refractivity contribution in [2.24, 2.45) is 0 Å². The summed E-state index contributed by atoms with van der Waals surface area (Å²) in [5.74, 6) is 2.12. The van der Waals surface area contributed by atoms with Crippen molar-refractivity contribution in [1.82, 2.24) is 15.2 Å². The van der Waals surface area contributed by atoms with Crippen molar-refractivity contribution in [3.05, 3.63) is 28.9 Å². The molecule has 8 heteroatoms. The van der Waals surface area contributed by atoms with E-state index in [2.05, 4.69) is 20.5 Å². The van der Waals surface area contributed by atoms with Gasteiger partial charge < -0.3 is 4.74 Å². The second kappa shape index (κ2) is 6.40. The minimum atomic E-state index is -0.278. The zero-order valence-corrected chi connectivity index (χ0v) is 13.0. The minimum absolute atomic E-state index is 0.125. The number of aromatic nitrogens is 3. The first kappa shape index (κ1) is 14.3. The van der Waals surface area contributed by atoms with Crippen molar-refractivity contribution in [2.75, 3.05) is 16.8 Å². The number of hydrogen-bond acceptors (Lipinski definition) is 7. The summed E-state index contributed by atoms with van der Waals surface area (Å²) in [6.45, 7) is 1.84. The van der Waals surface area contributed by atoms with Crippen molar-refractivity contribution in [2.45, 2.75) is 19.4 Å². The molecule has 0 radical (unpaired) electrons. The lowest BCUT2D eigenvalue weighted by atomic mass is 10.2. The predicted octanol–water partition coefficient (Wildman–Crippen LogP) is 2.38. The quantitative estimate of drug-likeness (QED) is 0.931. The molecule has 0 aliphatic carbocycles. The summed E-state index contributed by atoms with van der Waals surface area (Å²) in [6.07, 6.45) is 2.74. The summed E-state index contributed by atoms with van der Waals surface area (Å²) >= 11 is 3.18. The molecular formula is C13H14N4O2S2. The van der Waals surface area contributed by atoms with Gasteiger partial charge in [-0.15, -0.1) is 10.2 Å². The van der Waals surface area contributed by atoms with Crippen LogP contribution in [0.5, 0.6) is 5.88 Å². The van der Waals surface area contributed by atoms with Gasteiger partial charge in [0.1, 0.15) is 16.7 Å². The Morgan fingerprint density at radius 1 is 1.48 bits per heavy atom. The molecule has 0 unspecified atom stereocenters. The van der Waals surface area contributed by atoms with E-state index in [9.17, 15) is 4.79 Å². The van der Waals surface area contributed by atoms with Crippen LogP contribution in [-0.2, 0) is 0 Å². The van der Waals surface area contributed by atoms with Crippen molar-refractivity contribution in [3.8, 4) is 5.88 Å². The normalized spacial score (nSPS) is 17.7. The molecule has 1 saturated heterocycles. The number of aryl methyl sites for hydroxylation is 1. The van der Waals surface area contributed by atoms with Gasteiger partial charge in [-0.25, -0.2) is 4.98 Å². The van der Waals surface area contributed by atoms with Crippen LogP contribution >= 0.6 is 23.1 Å². The number of nitrogens with one attached hydrogen (secondary N) is 1. The standard InChI is InChI=1S/C13H14N4O2S2/c1-8-16-17-13(21-8)15-11(18)10-3-2-5-14-12(10)19-9-4-6-20-7-9/h2-3,5,9H,4,6-7H2,1H3,(H,15,17,18)/t9-/m1/s1. The number of rotatable bonds is 4. The first-order valence-electron chi connectivity index (χ1n) is 6.53. The van der Waals surface area contributed by atoms with E-state index in [-0.39, 0.29) is 12.0 Å². The van der Waals surface area contributed by atoms with Gasteiger partial charge in [-0.3, -0.25) is 10.1 Å². The number of anilines is 1. The average molecular weight is 322 g/mol. The highest BCUT2D eigenvalue weighted by atomic mass is 32.2. The molecule has 3 rings (SSSR count). The fourth-order valence-electron chi connectivity index (χ4n) is 1.93. The first-order valence-corrected chi connectivity index (χ1v) is 8.50. The number of carbonyl (C=O) groups is 1. The summed E-state index contributed by atoms with van der Waals surface area (Å²) in [7, 11) is 0. The highest BCUT2D eigenvalue weighted by Crippen LogP contribution is 2.25. The first-order chi connectivity index (χ1) is 10.2. The van der Waals surface area contributed by atoms with E-state index in [1.165, 1.54) is 11.3 Å². The van der Waals surface area contributed by atoms with Crippen LogP contribution < -0.4 is 10.1 Å². The Morgan fingerprint density at radius 2 is 2.38 bits per heavy atom. The third-order valence-electron chi connectivity index (χ3n) is 2.93. The Hall–Kier alpha value is -1.67. The molecule has 2 aromatic rings. The number of thioether (sulfide) groups is 1. The smallest absolute Gasteiger partial charge is 0.262 e. The molecule has 1 aliphatic heterocycles. The fourth-order valence-corrected chi connectivity index (χ4v) is 3.61. The average Bonchev–Trinajstić information content (AvgIpc) is 3.11. The van der Waals surface area contributed by atoms with Crippen molar-refractivity contribution < 1.29 is 9.53 Å². The van der Waals surface area contributed by atoms with Crippen molar-refractivity contribution in [1.29, 1.82) is 0 Å². The molecule has 0 aromatic carbocycles. The summed E-state index contributed by atoms with van der Waals surface area (Å²) in [6, 6.07) is 3.42. The van der Waals surface area contributed by atoms with Crippen molar-refractivity contribution >= 4 is 34.1 Å². The lowest BCUT2D eigenvalue weighted by molar-refractivity contribution is 0.101. The molecule has 6 nitrogen and oxygen atoms in total. The highest BCUT2D eigenvalue weighted by Gasteiger charge is 2.21. The van der Waals surface area contributed by atoms with Crippen LogP contribution in [-0.4, -0.2) is 38.7 Å². The van der Waals surface area contributed by atoms with Crippen LogP contribution in [0.4, 0.5) is 5.13 Å². The van der Waals surface area contributed by atoms with Gasteiger partial charge in [-0.2, -0.15) is 11.8 Å². The summed E-state index contributed by atoms with van der Waals surface area (Å²) in [5, 5.41) is 11.8. The molecule has 3 heterocycles. The van der Waals surface area contributed by atoms with Gasteiger partial charge in [0.05, 0.1) is 0 Å². The van der Waals surface area contributed by atoms with Gasteiger partial charge >= 0.3 is 0 Å². The molecule has 1 aliphatic rings. The number of hydrogen-bond donors (Lipinski definition) is 1. The van der Waals surface area contributed by atoms with Crippen LogP contribution in [0.2, 0.25) is 0 Å². The Labute approximate surface area is 130 Å². The molecule has 2 aromatic heterocycles. The lowest BCUT2D eigenvalue weighted by Crippen LogP contribution is -2.20. The maximum atomic E-state index is 12.3. The van der Waals surface area contributed by atoms with Gasteiger partial charge in [0.25, 0.3) is 5.91 Å². The van der Waals surface area contributed by atoms with E-state index < -0.39 is 0 Å². The Bertz CT molecular complexity index is 641. The number of ether oxygens (including phenoxy) is 1. The summed E-state index contributed by atoms with van der Waals surface area (Å²) in [4.78, 5) is 16.5. The Morgan fingerprint density at radius 3 is 3.10 bits per heavy atom. The molecule has 0 saturated carbocycles. The monoisotopic (exact) mass is 322 g/mol. The summed E-state index contributed by atoms with van der Waals surface area (Å²) < 4.78 is 5.85. The maximum absolute atomic E-state index is 12.3. The second-order valence-corrected chi connectivity index (χ2v) is 6.87. The van der Waals surface area contributed by atoms with Gasteiger partial charge in [-0.05, 0) is 31.2 Å². The van der Waals surface area contributed by atoms with E-state index in [1.807, 2.05) is 18.7 Å². The SMILES string of the molecule is Cc1nnc(NC(=O)c2cccnc2O[C@@H]2CCSC2)s1. The van der Waals surface area contributed by atoms with E-state index >= 15 is 0 Å². The molecule has 110 valence electrons. The third kappa shape index (κ3) is 3.51. The van der Waals surface area contributed by atoms with Gasteiger partial charge in [0.2, 0.25) is 11.0 Å². The van der Waals surface area contributed by atoms with Crippen molar-refractivity contribution in [3.63, 3.8) is 0 Å². The highest BCUT2D eigenvalue weighted by molar-refractivity contribution is 7.99. The van der Waals surface area contributed by atoms with E-state index in [0.717, 1.165) is 22.9 Å². The number of amides is 1. The lowest BCUT2D eigenvalue weighted by Gasteiger charge is -2.14. The van der Waals surface area contributed by atoms with Crippen LogP contribution in [0.15, 0.2) is 18.3 Å². The number of carbonyl (C=O) groups excluding carboxylic acids is 1. The van der Waals surface area contributed by atoms with Gasteiger partial charge in [0, 0.05) is 11.9 Å². The Kier molecular flexibility index (Phi) is 4.35. The Balaban J connectivity index is 1.75. The molecule has 0 bridgehead atoms. The largest absolute Gasteiger partial charge is 0.473 e. The van der Waals surface area contributed by atoms with Crippen LogP contribution in [0.25, 0.3) is 0 Å². The zero-order chi connectivity index (χ0) is 14.7. The van der Waals surface area contributed by atoms with E-state index in [1.54, 1.807) is 18.3 Å². The van der Waals surface area contributed by atoms with E-state index in [4.69, 9.17) is 4.74 Å². The molecule has 0 spiro atoms. The zero-order valence-electron chi connectivity index (χ0n) is 11.4. The third-order valence-corrected chi connectivity index (χ3v) is 4.81. The minimum Gasteiger partial charge on any atom is -0.473 e. The van der Waals surface area contributed by atoms with Crippen LogP contribution in [0.1, 0.15) is 21.8 Å². The topological polar surface area (TPSA) is 77.0 Å². The molecule has 1 atom stereocenters. The number of pyridine rings is 1. The fraction of sp³-hybridized carbons (Fsp3) is 0.385. The second-order valence-electron chi connectivity index (χ2n) is 4.54. The van der Waals surface area contributed by atoms with Crippen LogP contribution in [0.3, 0.4) is 0 Å². The van der Waals surface area contributed by atoms with E-state index in [0.29, 0.717) is 16.6 Å². The molecule has 1 fully saturated rings. The van der Waals surface area contributed by atoms with Gasteiger partial charge in [-0.1, -0.05) is 11.3 Å². The number of nitrogens with zero attached hydrogens (tertiary/aromatic N) is 3. The predicted molar refractivity (Wildman–Crippen MR) is 83.2 cm³/mol. The van der Waals surface area contributed by atoms with Crippen LogP contribution in [0, 0.1) is 6.92 Å². The molecule has 1 amide bonds.